The summed E-state index contributed by atoms with van der Waals surface area (Å²) in [6, 6.07) is 7.75. The first kappa shape index (κ1) is 15.0. The van der Waals surface area contributed by atoms with Gasteiger partial charge in [0.1, 0.15) is 5.75 Å². The third kappa shape index (κ3) is 3.69. The minimum atomic E-state index is 0.133. The summed E-state index contributed by atoms with van der Waals surface area (Å²) in [7, 11) is 0. The first-order chi connectivity index (χ1) is 11.3. The SMILES string of the molecule is O=C1C[C@@H]2CCN(CC3CC3)C[C@@H]2CCOc2ccccc2N1. The maximum Gasteiger partial charge on any atom is 0.224 e. The molecule has 1 N–H and O–H groups in total. The van der Waals surface area contributed by atoms with Gasteiger partial charge in [-0.25, -0.2) is 0 Å². The molecule has 0 spiro atoms. The predicted octanol–water partition coefficient (Wildman–Crippen LogP) is 3.15. The van der Waals surface area contributed by atoms with Crippen LogP contribution < -0.4 is 10.1 Å². The fourth-order valence-corrected chi connectivity index (χ4v) is 4.04. The number of amides is 1. The number of ether oxygens (including phenoxy) is 1. The van der Waals surface area contributed by atoms with Crippen LogP contribution in [0.4, 0.5) is 5.69 Å². The molecule has 2 atom stereocenters. The van der Waals surface area contributed by atoms with Crippen LogP contribution in [-0.2, 0) is 4.79 Å². The largest absolute Gasteiger partial charge is 0.491 e. The molecular weight excluding hydrogens is 288 g/mol. The maximum atomic E-state index is 12.4. The highest BCUT2D eigenvalue weighted by atomic mass is 16.5. The molecule has 2 fully saturated rings. The van der Waals surface area contributed by atoms with Gasteiger partial charge in [-0.1, -0.05) is 12.1 Å². The van der Waals surface area contributed by atoms with Crippen LogP contribution >= 0.6 is 0 Å². The Morgan fingerprint density at radius 2 is 2.00 bits per heavy atom. The van der Waals surface area contributed by atoms with Gasteiger partial charge < -0.3 is 15.0 Å². The number of hydrogen-bond donors (Lipinski definition) is 1. The summed E-state index contributed by atoms with van der Waals surface area (Å²) in [6.45, 7) is 4.30. The van der Waals surface area contributed by atoms with Crippen molar-refractivity contribution in [3.8, 4) is 5.75 Å². The van der Waals surface area contributed by atoms with E-state index >= 15 is 0 Å². The van der Waals surface area contributed by atoms with E-state index in [0.717, 1.165) is 49.9 Å². The molecule has 1 aromatic carbocycles. The second kappa shape index (κ2) is 6.52. The lowest BCUT2D eigenvalue weighted by atomic mass is 9.81. The third-order valence-corrected chi connectivity index (χ3v) is 5.54. The van der Waals surface area contributed by atoms with E-state index in [2.05, 4.69) is 10.2 Å². The van der Waals surface area contributed by atoms with Crippen LogP contribution in [0, 0.1) is 17.8 Å². The first-order valence-electron chi connectivity index (χ1n) is 9.02. The first-order valence-corrected chi connectivity index (χ1v) is 9.02. The van der Waals surface area contributed by atoms with E-state index in [1.807, 2.05) is 24.3 Å². The van der Waals surface area contributed by atoms with E-state index in [0.29, 0.717) is 18.3 Å². The molecule has 1 aliphatic carbocycles. The monoisotopic (exact) mass is 314 g/mol. The van der Waals surface area contributed by atoms with E-state index in [1.165, 1.54) is 19.4 Å². The van der Waals surface area contributed by atoms with Crippen LogP contribution in [0.1, 0.15) is 32.1 Å². The predicted molar refractivity (Wildman–Crippen MR) is 90.6 cm³/mol. The second-order valence-corrected chi connectivity index (χ2v) is 7.40. The van der Waals surface area contributed by atoms with Crippen molar-refractivity contribution < 1.29 is 9.53 Å². The van der Waals surface area contributed by atoms with E-state index in [-0.39, 0.29) is 5.91 Å². The standard InChI is InChI=1S/C19H26N2O2/c22-19-11-15-7-9-21(12-14-5-6-14)13-16(15)8-10-23-18-4-2-1-3-17(18)20-19/h1-4,14-16H,5-13H2,(H,20,22)/t15-,16-/m0/s1. The molecule has 0 unspecified atom stereocenters. The second-order valence-electron chi connectivity index (χ2n) is 7.40. The highest BCUT2D eigenvalue weighted by Crippen LogP contribution is 2.35. The van der Waals surface area contributed by atoms with Crippen molar-refractivity contribution in [3.05, 3.63) is 24.3 Å². The molecule has 4 heteroatoms. The van der Waals surface area contributed by atoms with Gasteiger partial charge in [0.15, 0.2) is 0 Å². The van der Waals surface area contributed by atoms with Gasteiger partial charge in [-0.2, -0.15) is 0 Å². The van der Waals surface area contributed by atoms with Crippen molar-refractivity contribution in [3.63, 3.8) is 0 Å². The van der Waals surface area contributed by atoms with Crippen LogP contribution in [-0.4, -0.2) is 37.0 Å². The zero-order valence-corrected chi connectivity index (χ0v) is 13.7. The van der Waals surface area contributed by atoms with Crippen molar-refractivity contribution >= 4 is 11.6 Å². The number of rotatable bonds is 2. The Balaban J connectivity index is 1.45. The number of anilines is 1. The molecule has 1 amide bonds. The Bertz CT molecular complexity index is 570. The topological polar surface area (TPSA) is 41.6 Å². The summed E-state index contributed by atoms with van der Waals surface area (Å²) >= 11 is 0. The lowest BCUT2D eigenvalue weighted by molar-refractivity contribution is -0.118. The molecule has 2 heterocycles. The quantitative estimate of drug-likeness (QED) is 0.912. The minimum absolute atomic E-state index is 0.133. The number of carbonyl (C=O) groups excluding carboxylic acids is 1. The van der Waals surface area contributed by atoms with E-state index in [4.69, 9.17) is 4.74 Å². The summed E-state index contributed by atoms with van der Waals surface area (Å²) in [4.78, 5) is 15.0. The smallest absolute Gasteiger partial charge is 0.224 e. The molecule has 3 aliphatic rings. The average molecular weight is 314 g/mol. The molecule has 4 rings (SSSR count). The molecule has 0 aromatic heterocycles. The number of piperidine rings is 1. The van der Waals surface area contributed by atoms with Crippen LogP contribution in [0.3, 0.4) is 0 Å². The van der Waals surface area contributed by atoms with Crippen LogP contribution in [0.5, 0.6) is 5.75 Å². The minimum Gasteiger partial charge on any atom is -0.491 e. The van der Waals surface area contributed by atoms with Gasteiger partial charge in [-0.05, 0) is 62.1 Å². The van der Waals surface area contributed by atoms with Crippen LogP contribution in [0.2, 0.25) is 0 Å². The number of para-hydroxylation sites is 2. The van der Waals surface area contributed by atoms with Crippen molar-refractivity contribution in [2.75, 3.05) is 31.6 Å². The Hall–Kier alpha value is -1.55. The number of likely N-dealkylation sites (tertiary alicyclic amines) is 1. The summed E-state index contributed by atoms with van der Waals surface area (Å²) in [5, 5.41) is 3.04. The summed E-state index contributed by atoms with van der Waals surface area (Å²) in [5.74, 6) is 2.95. The maximum absolute atomic E-state index is 12.4. The summed E-state index contributed by atoms with van der Waals surface area (Å²) in [5.41, 5.74) is 0.808. The van der Waals surface area contributed by atoms with Crippen LogP contribution in [0.25, 0.3) is 0 Å². The van der Waals surface area contributed by atoms with Gasteiger partial charge >= 0.3 is 0 Å². The molecule has 124 valence electrons. The van der Waals surface area contributed by atoms with Crippen molar-refractivity contribution in [1.29, 1.82) is 0 Å². The fraction of sp³-hybridized carbons (Fsp3) is 0.632. The molecule has 2 aliphatic heterocycles. The molecule has 23 heavy (non-hydrogen) atoms. The Kier molecular flexibility index (Phi) is 4.25. The van der Waals surface area contributed by atoms with Crippen molar-refractivity contribution in [2.45, 2.75) is 32.1 Å². The van der Waals surface area contributed by atoms with Gasteiger partial charge in [-0.3, -0.25) is 4.79 Å². The normalized spacial score (nSPS) is 29.0. The molecule has 1 saturated carbocycles. The fourth-order valence-electron chi connectivity index (χ4n) is 4.04. The number of carbonyl (C=O) groups is 1. The molecular formula is C19H26N2O2. The van der Waals surface area contributed by atoms with Gasteiger partial charge in [0.05, 0.1) is 12.3 Å². The number of hydrogen-bond acceptors (Lipinski definition) is 3. The highest BCUT2D eigenvalue weighted by Gasteiger charge is 2.33. The van der Waals surface area contributed by atoms with E-state index in [1.54, 1.807) is 0 Å². The molecule has 0 bridgehead atoms. The third-order valence-electron chi connectivity index (χ3n) is 5.54. The summed E-state index contributed by atoms with van der Waals surface area (Å²) in [6.07, 6.45) is 5.66. The molecule has 0 radical (unpaired) electrons. The van der Waals surface area contributed by atoms with Gasteiger partial charge in [0, 0.05) is 19.5 Å². The number of fused-ring (bicyclic) bond motifs is 2. The van der Waals surface area contributed by atoms with Crippen LogP contribution in [0.15, 0.2) is 24.3 Å². The van der Waals surface area contributed by atoms with Gasteiger partial charge in [0.25, 0.3) is 0 Å². The zero-order valence-electron chi connectivity index (χ0n) is 13.7. The number of benzene rings is 1. The Morgan fingerprint density at radius 1 is 1.13 bits per heavy atom. The van der Waals surface area contributed by atoms with Crippen molar-refractivity contribution in [2.24, 2.45) is 17.8 Å². The van der Waals surface area contributed by atoms with Gasteiger partial charge in [0.2, 0.25) is 5.91 Å². The Labute approximate surface area is 138 Å². The lowest BCUT2D eigenvalue weighted by Gasteiger charge is -2.39. The van der Waals surface area contributed by atoms with E-state index in [9.17, 15) is 4.79 Å². The Morgan fingerprint density at radius 3 is 2.87 bits per heavy atom. The number of nitrogens with zero attached hydrogens (tertiary/aromatic N) is 1. The highest BCUT2D eigenvalue weighted by molar-refractivity contribution is 5.92. The average Bonchev–Trinajstić information content (AvgIpc) is 3.35. The molecule has 1 saturated heterocycles. The molecule has 1 aromatic rings. The number of nitrogens with one attached hydrogen (secondary N) is 1. The van der Waals surface area contributed by atoms with Gasteiger partial charge in [-0.15, -0.1) is 0 Å². The zero-order chi connectivity index (χ0) is 15.6. The lowest BCUT2D eigenvalue weighted by Crippen LogP contribution is -2.43. The van der Waals surface area contributed by atoms with E-state index < -0.39 is 0 Å². The molecule has 4 nitrogen and oxygen atoms in total. The van der Waals surface area contributed by atoms with Crippen molar-refractivity contribution in [1.82, 2.24) is 4.90 Å². The summed E-state index contributed by atoms with van der Waals surface area (Å²) < 4.78 is 5.96.